The second kappa shape index (κ2) is 7.52. The Balaban J connectivity index is 1.81. The first-order chi connectivity index (χ1) is 13.1. The van der Waals surface area contributed by atoms with Crippen molar-refractivity contribution in [3.63, 3.8) is 0 Å². The molecular weight excluding hydrogens is 364 g/mol. The van der Waals surface area contributed by atoms with Crippen LogP contribution < -0.4 is 9.80 Å². The summed E-state index contributed by atoms with van der Waals surface area (Å²) < 4.78 is 10.5. The number of hydrogen-bond donors (Lipinski definition) is 1. The van der Waals surface area contributed by atoms with Crippen LogP contribution in [-0.2, 0) is 30.3 Å². The summed E-state index contributed by atoms with van der Waals surface area (Å²) in [4.78, 5) is 40.1. The Morgan fingerprint density at radius 1 is 1.29 bits per heavy atom. The second-order valence-electron chi connectivity index (χ2n) is 8.03. The van der Waals surface area contributed by atoms with E-state index in [0.29, 0.717) is 18.5 Å². The van der Waals surface area contributed by atoms with Gasteiger partial charge in [-0.05, 0) is 44.9 Å². The predicted molar refractivity (Wildman–Crippen MR) is 102 cm³/mol. The highest BCUT2D eigenvalue weighted by Crippen LogP contribution is 2.32. The number of aryl methyl sites for hydroxylation is 1. The van der Waals surface area contributed by atoms with Crippen LogP contribution in [0.5, 0.6) is 0 Å². The van der Waals surface area contributed by atoms with Crippen LogP contribution in [0.4, 0.5) is 11.4 Å². The van der Waals surface area contributed by atoms with E-state index in [1.54, 1.807) is 38.8 Å². The number of anilines is 2. The Kier molecular flexibility index (Phi) is 5.45. The third-order valence-corrected chi connectivity index (χ3v) is 4.78. The fourth-order valence-electron chi connectivity index (χ4n) is 3.36. The van der Waals surface area contributed by atoms with Gasteiger partial charge in [0.25, 0.3) is 5.91 Å². The number of carbonyl (C=O) groups is 3. The number of esters is 1. The fraction of sp³-hybridized carbons (Fsp3) is 0.550. The number of morpholine rings is 1. The lowest BCUT2D eigenvalue weighted by Gasteiger charge is -2.35. The Morgan fingerprint density at radius 3 is 2.68 bits per heavy atom. The molecule has 1 fully saturated rings. The highest BCUT2D eigenvalue weighted by molar-refractivity contribution is 6.02. The van der Waals surface area contributed by atoms with Crippen molar-refractivity contribution in [2.24, 2.45) is 0 Å². The first-order valence-electron chi connectivity index (χ1n) is 9.32. The number of fused-ring (bicyclic) bond motifs is 1. The maximum atomic E-state index is 12.9. The molecule has 2 aliphatic heterocycles. The summed E-state index contributed by atoms with van der Waals surface area (Å²) in [5.41, 5.74) is 1.61. The Bertz CT molecular complexity index is 800. The van der Waals surface area contributed by atoms with E-state index in [1.165, 1.54) is 4.90 Å². The highest BCUT2D eigenvalue weighted by atomic mass is 16.6. The monoisotopic (exact) mass is 390 g/mol. The van der Waals surface area contributed by atoms with E-state index in [1.807, 2.05) is 12.1 Å². The zero-order valence-electron chi connectivity index (χ0n) is 16.6. The molecule has 2 amide bonds. The lowest BCUT2D eigenvalue weighted by molar-refractivity contribution is -0.177. The molecular formula is C20H26N2O6. The molecule has 0 saturated carbocycles. The summed E-state index contributed by atoms with van der Waals surface area (Å²) >= 11 is 0. The average molecular weight is 390 g/mol. The van der Waals surface area contributed by atoms with Crippen molar-refractivity contribution in [3.05, 3.63) is 23.8 Å². The third-order valence-electron chi connectivity index (χ3n) is 4.78. The van der Waals surface area contributed by atoms with Crippen LogP contribution in [0.3, 0.4) is 0 Å². The topological polar surface area (TPSA) is 96.4 Å². The molecule has 2 heterocycles. The molecule has 0 aromatic heterocycles. The van der Waals surface area contributed by atoms with E-state index in [9.17, 15) is 19.5 Å². The minimum atomic E-state index is -1.71. The van der Waals surface area contributed by atoms with Crippen molar-refractivity contribution in [2.45, 2.75) is 51.4 Å². The molecule has 8 heteroatoms. The number of ether oxygens (including phenoxy) is 2. The Labute approximate surface area is 164 Å². The van der Waals surface area contributed by atoms with Gasteiger partial charge in [0.15, 0.2) is 12.2 Å². The molecule has 0 bridgehead atoms. The first kappa shape index (κ1) is 20.3. The summed E-state index contributed by atoms with van der Waals surface area (Å²) in [7, 11) is 1.71. The highest BCUT2D eigenvalue weighted by Gasteiger charge is 2.41. The van der Waals surface area contributed by atoms with E-state index in [4.69, 9.17) is 9.47 Å². The van der Waals surface area contributed by atoms with Crippen LogP contribution >= 0.6 is 0 Å². The van der Waals surface area contributed by atoms with Crippen molar-refractivity contribution < 1.29 is 29.0 Å². The van der Waals surface area contributed by atoms with Gasteiger partial charge >= 0.3 is 5.97 Å². The zero-order chi connectivity index (χ0) is 20.6. The van der Waals surface area contributed by atoms with Gasteiger partial charge in [0.2, 0.25) is 5.91 Å². The van der Waals surface area contributed by atoms with Gasteiger partial charge in [-0.15, -0.1) is 0 Å². The van der Waals surface area contributed by atoms with Gasteiger partial charge in [-0.25, -0.2) is 4.79 Å². The van der Waals surface area contributed by atoms with Gasteiger partial charge < -0.3 is 24.4 Å². The Hall–Kier alpha value is -2.45. The predicted octanol–water partition coefficient (Wildman–Crippen LogP) is 1.03. The normalized spacial score (nSPS) is 21.4. The zero-order valence-corrected chi connectivity index (χ0v) is 16.6. The van der Waals surface area contributed by atoms with Crippen molar-refractivity contribution in [3.8, 4) is 0 Å². The number of carbonyl (C=O) groups excluding carboxylic acids is 3. The van der Waals surface area contributed by atoms with E-state index >= 15 is 0 Å². The molecule has 0 unspecified atom stereocenters. The van der Waals surface area contributed by atoms with Crippen molar-refractivity contribution in [1.29, 1.82) is 0 Å². The van der Waals surface area contributed by atoms with Gasteiger partial charge in [0.1, 0.15) is 5.60 Å². The lowest BCUT2D eigenvalue weighted by Crippen LogP contribution is -2.55. The van der Waals surface area contributed by atoms with Gasteiger partial charge in [0, 0.05) is 31.4 Å². The molecule has 0 radical (unpaired) electrons. The molecule has 152 valence electrons. The van der Waals surface area contributed by atoms with Crippen LogP contribution in [0.15, 0.2) is 18.2 Å². The number of nitrogens with zero attached hydrogens (tertiary/aromatic N) is 2. The van der Waals surface area contributed by atoms with Crippen LogP contribution in [0, 0.1) is 0 Å². The minimum absolute atomic E-state index is 0.0242. The van der Waals surface area contributed by atoms with Crippen LogP contribution in [0.2, 0.25) is 0 Å². The van der Waals surface area contributed by atoms with Gasteiger partial charge in [-0.3, -0.25) is 9.59 Å². The van der Waals surface area contributed by atoms with Crippen LogP contribution in [0.25, 0.3) is 0 Å². The average Bonchev–Trinajstić information content (AvgIpc) is 2.63. The quantitative estimate of drug-likeness (QED) is 0.775. The number of benzene rings is 1. The molecule has 28 heavy (non-hydrogen) atoms. The summed E-state index contributed by atoms with van der Waals surface area (Å²) in [6.45, 7) is 5.49. The maximum absolute atomic E-state index is 12.9. The third kappa shape index (κ3) is 4.02. The van der Waals surface area contributed by atoms with E-state index in [0.717, 1.165) is 11.3 Å². The van der Waals surface area contributed by atoms with Crippen LogP contribution in [-0.4, -0.2) is 60.9 Å². The molecule has 1 N–H and O–H groups in total. The molecule has 2 aliphatic rings. The fourth-order valence-corrected chi connectivity index (χ4v) is 3.36. The number of aliphatic hydroxyl groups excluding tert-OH is 1. The molecule has 1 saturated heterocycles. The van der Waals surface area contributed by atoms with Crippen molar-refractivity contribution in [2.75, 3.05) is 30.0 Å². The summed E-state index contributed by atoms with van der Waals surface area (Å²) in [5, 5.41) is 10.3. The molecule has 0 aliphatic carbocycles. The molecule has 8 nitrogen and oxygen atoms in total. The summed E-state index contributed by atoms with van der Waals surface area (Å²) in [6.07, 6.45) is -1.92. The van der Waals surface area contributed by atoms with Gasteiger partial charge in [0.05, 0.1) is 6.61 Å². The molecule has 1 aromatic carbocycles. The van der Waals surface area contributed by atoms with E-state index in [-0.39, 0.29) is 19.1 Å². The minimum Gasteiger partial charge on any atom is -0.458 e. The standard InChI is InChI=1S/C20H26N2O6/c1-20(2,3)28-19(26)16(24)17-18(25)22(9-10-27-17)13-7-5-12-6-8-15(23)21(4)14(12)11-13/h5,7,11,16-17,24H,6,8-10H2,1-4H3/t16-,17-/m1/s1. The number of aliphatic hydroxyl groups is 1. The largest absolute Gasteiger partial charge is 0.458 e. The van der Waals surface area contributed by atoms with Crippen molar-refractivity contribution >= 4 is 29.2 Å². The molecule has 3 rings (SSSR count). The number of hydrogen-bond acceptors (Lipinski definition) is 6. The number of amides is 2. The maximum Gasteiger partial charge on any atom is 0.338 e. The molecule has 2 atom stereocenters. The van der Waals surface area contributed by atoms with Gasteiger partial charge in [-0.1, -0.05) is 6.07 Å². The molecule has 0 spiro atoms. The van der Waals surface area contributed by atoms with E-state index in [2.05, 4.69) is 0 Å². The van der Waals surface area contributed by atoms with Crippen molar-refractivity contribution in [1.82, 2.24) is 0 Å². The van der Waals surface area contributed by atoms with Crippen LogP contribution in [0.1, 0.15) is 32.8 Å². The Morgan fingerprint density at radius 2 is 2.00 bits per heavy atom. The molecule has 1 aromatic rings. The van der Waals surface area contributed by atoms with E-state index < -0.39 is 29.7 Å². The first-order valence-corrected chi connectivity index (χ1v) is 9.32. The number of rotatable bonds is 3. The smallest absolute Gasteiger partial charge is 0.338 e. The summed E-state index contributed by atoms with van der Waals surface area (Å²) in [5.74, 6) is -1.39. The summed E-state index contributed by atoms with van der Waals surface area (Å²) in [6, 6.07) is 5.49. The lowest BCUT2D eigenvalue weighted by atomic mass is 10.0. The van der Waals surface area contributed by atoms with Gasteiger partial charge in [-0.2, -0.15) is 0 Å². The SMILES string of the molecule is CN1C(=O)CCc2ccc(N3CCO[C@H]([C@@H](O)C(=O)OC(C)(C)C)C3=O)cc21. The second-order valence-corrected chi connectivity index (χ2v) is 8.03.